The molecule has 3 heteroatoms. The van der Waals surface area contributed by atoms with Gasteiger partial charge in [-0.25, -0.2) is 4.98 Å². The summed E-state index contributed by atoms with van der Waals surface area (Å²) in [6.07, 6.45) is 0. The zero-order valence-electron chi connectivity index (χ0n) is 37.0. The van der Waals surface area contributed by atoms with Crippen LogP contribution in [0.2, 0.25) is 0 Å². The third-order valence-corrected chi connectivity index (χ3v) is 14.1. The zero-order chi connectivity index (χ0) is 44.7. The van der Waals surface area contributed by atoms with Crippen molar-refractivity contribution in [1.29, 1.82) is 0 Å². The summed E-state index contributed by atoms with van der Waals surface area (Å²) in [5, 5.41) is 12.6. The summed E-state index contributed by atoms with van der Waals surface area (Å²) in [6, 6.07) is 90.6. The van der Waals surface area contributed by atoms with E-state index in [0.29, 0.717) is 0 Å². The largest absolute Gasteiger partial charge is 0.309 e. The van der Waals surface area contributed by atoms with Gasteiger partial charge < -0.3 is 9.13 Å². The van der Waals surface area contributed by atoms with E-state index in [1.165, 1.54) is 87.1 Å². The van der Waals surface area contributed by atoms with E-state index in [1.54, 1.807) is 0 Å². The molecule has 0 saturated heterocycles. The summed E-state index contributed by atoms with van der Waals surface area (Å²) < 4.78 is 4.88. The minimum atomic E-state index is 0.952. The molecule has 0 saturated carbocycles. The minimum Gasteiger partial charge on any atom is -0.309 e. The Kier molecular flexibility index (Phi) is 8.59. The molecule has 0 spiro atoms. The van der Waals surface area contributed by atoms with E-state index in [0.717, 1.165) is 45.0 Å². The van der Waals surface area contributed by atoms with Crippen LogP contribution in [0.15, 0.2) is 249 Å². The summed E-state index contributed by atoms with van der Waals surface area (Å²) in [4.78, 5) is 5.17. The topological polar surface area (TPSA) is 22.8 Å². The van der Waals surface area contributed by atoms with Crippen molar-refractivity contribution >= 4 is 75.9 Å². The van der Waals surface area contributed by atoms with Crippen LogP contribution in [0.5, 0.6) is 0 Å². The Labute approximate surface area is 393 Å². The van der Waals surface area contributed by atoms with E-state index < -0.39 is 0 Å². The molecule has 0 aliphatic rings. The van der Waals surface area contributed by atoms with E-state index in [9.17, 15) is 0 Å². The van der Waals surface area contributed by atoms with Crippen LogP contribution >= 0.6 is 0 Å². The standard InChI is InChI=1S/C65H41N3/c1-3-16-42(17-4-1)60-38-47(39-61(66-60)43-18-5-2-6-19-43)44-20-15-21-48(36-44)68-62-28-13-11-26-55(62)57-33-30-46(40-65(57)68)45-31-35-64-59(37-45)56-27-12-14-29-63(56)67(64)49-32-34-54-52-24-8-7-22-50(52)51-23-9-10-25-53(51)58(54)41-49/h1-41H. The van der Waals surface area contributed by atoms with Crippen LogP contribution in [-0.4, -0.2) is 14.1 Å². The molecule has 0 radical (unpaired) electrons. The molecule has 68 heavy (non-hydrogen) atoms. The SMILES string of the molecule is c1ccc(-c2cc(-c3cccc(-n4c5ccccc5c5ccc(-c6ccc7c(c6)c6ccccc6n7-c6ccc7c8ccccc8c8ccccc8c7c6)cc54)c3)cc(-c3ccccc3)n2)cc1. The maximum atomic E-state index is 5.17. The van der Waals surface area contributed by atoms with E-state index in [-0.39, 0.29) is 0 Å². The van der Waals surface area contributed by atoms with Crippen molar-refractivity contribution in [1.82, 2.24) is 14.1 Å². The average Bonchev–Trinajstić information content (AvgIpc) is 3.93. The highest BCUT2D eigenvalue weighted by atomic mass is 15.0. The van der Waals surface area contributed by atoms with E-state index in [4.69, 9.17) is 4.98 Å². The van der Waals surface area contributed by atoms with Crippen molar-refractivity contribution in [3.63, 3.8) is 0 Å². The highest BCUT2D eigenvalue weighted by Gasteiger charge is 2.18. The van der Waals surface area contributed by atoms with Gasteiger partial charge >= 0.3 is 0 Å². The third-order valence-electron chi connectivity index (χ3n) is 14.1. The first-order chi connectivity index (χ1) is 33.7. The van der Waals surface area contributed by atoms with Crippen LogP contribution in [0.3, 0.4) is 0 Å². The molecule has 3 nitrogen and oxygen atoms in total. The Hall–Kier alpha value is -9.05. The Morgan fingerprint density at radius 2 is 0.632 bits per heavy atom. The third kappa shape index (κ3) is 6.03. The fourth-order valence-corrected chi connectivity index (χ4v) is 10.9. The second-order valence-corrected chi connectivity index (χ2v) is 17.9. The molecule has 0 bridgehead atoms. The van der Waals surface area contributed by atoms with Crippen molar-refractivity contribution in [3.05, 3.63) is 249 Å². The fraction of sp³-hybridized carbons (Fsp3) is 0. The summed E-state index contributed by atoms with van der Waals surface area (Å²) >= 11 is 0. The van der Waals surface area contributed by atoms with Gasteiger partial charge in [-0.3, -0.25) is 0 Å². The lowest BCUT2D eigenvalue weighted by atomic mass is 9.94. The number of hydrogen-bond acceptors (Lipinski definition) is 1. The molecule has 316 valence electrons. The Bertz CT molecular complexity index is 4220. The van der Waals surface area contributed by atoms with Gasteiger partial charge in [-0.1, -0.05) is 182 Å². The molecule has 0 amide bonds. The molecular formula is C65H41N3. The first kappa shape index (κ1) is 38.2. The van der Waals surface area contributed by atoms with Crippen LogP contribution in [0, 0.1) is 0 Å². The lowest BCUT2D eigenvalue weighted by Gasteiger charge is -2.14. The van der Waals surface area contributed by atoms with Gasteiger partial charge in [0.15, 0.2) is 0 Å². The molecular weight excluding hydrogens is 823 g/mol. The first-order valence-electron chi connectivity index (χ1n) is 23.4. The zero-order valence-corrected chi connectivity index (χ0v) is 37.0. The van der Waals surface area contributed by atoms with Gasteiger partial charge in [0.2, 0.25) is 0 Å². The van der Waals surface area contributed by atoms with Crippen molar-refractivity contribution in [2.24, 2.45) is 0 Å². The van der Waals surface area contributed by atoms with E-state index in [1.807, 2.05) is 0 Å². The number of aromatic nitrogens is 3. The molecule has 3 aromatic heterocycles. The highest BCUT2D eigenvalue weighted by molar-refractivity contribution is 6.25. The predicted molar refractivity (Wildman–Crippen MR) is 287 cm³/mol. The summed E-state index contributed by atoms with van der Waals surface area (Å²) in [6.45, 7) is 0. The summed E-state index contributed by atoms with van der Waals surface area (Å²) in [5.41, 5.74) is 15.7. The van der Waals surface area contributed by atoms with E-state index >= 15 is 0 Å². The Morgan fingerprint density at radius 1 is 0.206 bits per heavy atom. The van der Waals surface area contributed by atoms with Gasteiger partial charge in [-0.2, -0.15) is 0 Å². The smallest absolute Gasteiger partial charge is 0.0715 e. The lowest BCUT2D eigenvalue weighted by molar-refractivity contribution is 1.18. The molecule has 11 aromatic carbocycles. The van der Waals surface area contributed by atoms with Gasteiger partial charge in [0, 0.05) is 44.0 Å². The molecule has 0 aliphatic carbocycles. The molecule has 3 heterocycles. The van der Waals surface area contributed by atoms with Gasteiger partial charge in [-0.15, -0.1) is 0 Å². The molecule has 0 N–H and O–H groups in total. The number of rotatable bonds is 6. The fourth-order valence-electron chi connectivity index (χ4n) is 10.9. The van der Waals surface area contributed by atoms with E-state index in [2.05, 4.69) is 258 Å². The lowest BCUT2D eigenvalue weighted by Crippen LogP contribution is -1.96. The number of nitrogens with zero attached hydrogens (tertiary/aromatic N) is 3. The molecule has 0 aliphatic heterocycles. The monoisotopic (exact) mass is 863 g/mol. The highest BCUT2D eigenvalue weighted by Crippen LogP contribution is 2.41. The van der Waals surface area contributed by atoms with Crippen LogP contribution < -0.4 is 0 Å². The molecule has 14 rings (SSSR count). The van der Waals surface area contributed by atoms with Gasteiger partial charge in [0.05, 0.1) is 33.5 Å². The minimum absolute atomic E-state index is 0.952. The molecule has 0 unspecified atom stereocenters. The van der Waals surface area contributed by atoms with Crippen LogP contribution in [-0.2, 0) is 0 Å². The number of benzene rings is 11. The molecule has 0 fully saturated rings. The second kappa shape index (κ2) is 15.3. The maximum absolute atomic E-state index is 5.17. The van der Waals surface area contributed by atoms with Crippen molar-refractivity contribution in [3.8, 4) is 56.1 Å². The first-order valence-corrected chi connectivity index (χ1v) is 23.4. The summed E-state index contributed by atoms with van der Waals surface area (Å²) in [7, 11) is 0. The van der Waals surface area contributed by atoms with Gasteiger partial charge in [-0.05, 0) is 121 Å². The molecule has 0 atom stereocenters. The number of hydrogen-bond donors (Lipinski definition) is 0. The van der Waals surface area contributed by atoms with Crippen LogP contribution in [0.25, 0.3) is 132 Å². The average molecular weight is 864 g/mol. The maximum Gasteiger partial charge on any atom is 0.0715 e. The van der Waals surface area contributed by atoms with Crippen molar-refractivity contribution in [2.45, 2.75) is 0 Å². The van der Waals surface area contributed by atoms with Gasteiger partial charge in [0.1, 0.15) is 0 Å². The van der Waals surface area contributed by atoms with Crippen LogP contribution in [0.4, 0.5) is 0 Å². The second-order valence-electron chi connectivity index (χ2n) is 17.9. The number of fused-ring (bicyclic) bond motifs is 12. The number of pyridine rings is 1. The number of para-hydroxylation sites is 2. The van der Waals surface area contributed by atoms with Crippen LogP contribution in [0.1, 0.15) is 0 Å². The Balaban J connectivity index is 0.915. The van der Waals surface area contributed by atoms with Crippen molar-refractivity contribution < 1.29 is 0 Å². The molecule has 14 aromatic rings. The normalized spacial score (nSPS) is 11.8. The van der Waals surface area contributed by atoms with Gasteiger partial charge in [0.25, 0.3) is 0 Å². The Morgan fingerprint density at radius 3 is 1.28 bits per heavy atom. The van der Waals surface area contributed by atoms with Crippen molar-refractivity contribution in [2.75, 3.05) is 0 Å². The summed E-state index contributed by atoms with van der Waals surface area (Å²) in [5.74, 6) is 0. The predicted octanol–water partition coefficient (Wildman–Crippen LogP) is 17.4. The quantitative estimate of drug-likeness (QED) is 0.153.